The summed E-state index contributed by atoms with van der Waals surface area (Å²) in [6, 6.07) is 6.06. The first-order chi connectivity index (χ1) is 11.6. The van der Waals surface area contributed by atoms with Crippen LogP contribution >= 0.6 is 11.3 Å². The number of aromatic nitrogens is 1. The van der Waals surface area contributed by atoms with Crippen molar-refractivity contribution in [2.24, 2.45) is 0 Å². The number of carbonyl (C=O) groups excluding carboxylic acids is 1. The number of benzene rings is 1. The first-order valence-corrected chi connectivity index (χ1v) is 8.19. The fraction of sp³-hybridized carbons (Fsp3) is 0.333. The number of nitrogens with one attached hydrogen (secondary N) is 1. The number of nitro groups is 1. The quantitative estimate of drug-likeness (QED) is 0.653. The molecule has 0 unspecified atom stereocenters. The van der Waals surface area contributed by atoms with E-state index in [2.05, 4.69) is 10.3 Å². The molecule has 0 radical (unpaired) electrons. The maximum Gasteiger partial charge on any atom is 0.270 e. The average molecular weight is 349 g/mol. The molecule has 2 heterocycles. The second-order valence-corrected chi connectivity index (χ2v) is 5.98. The van der Waals surface area contributed by atoms with Crippen LogP contribution in [0, 0.1) is 10.1 Å². The van der Waals surface area contributed by atoms with Gasteiger partial charge in [0.2, 0.25) is 0 Å². The first-order valence-electron chi connectivity index (χ1n) is 7.31. The summed E-state index contributed by atoms with van der Waals surface area (Å²) in [5.41, 5.74) is 1.06. The van der Waals surface area contributed by atoms with Crippen molar-refractivity contribution in [2.45, 2.75) is 6.10 Å². The molecule has 2 aromatic rings. The normalized spacial score (nSPS) is 17.4. The Bertz CT molecular complexity index is 725. The van der Waals surface area contributed by atoms with E-state index in [0.29, 0.717) is 37.1 Å². The van der Waals surface area contributed by atoms with Gasteiger partial charge in [-0.3, -0.25) is 14.9 Å². The summed E-state index contributed by atoms with van der Waals surface area (Å²) in [5.74, 6) is -0.284. The summed E-state index contributed by atoms with van der Waals surface area (Å²) in [6.45, 7) is 1.94. The maximum atomic E-state index is 12.1. The lowest BCUT2D eigenvalue weighted by Crippen LogP contribution is -2.39. The highest BCUT2D eigenvalue weighted by Gasteiger charge is 2.17. The van der Waals surface area contributed by atoms with Crippen LogP contribution < -0.4 is 5.32 Å². The van der Waals surface area contributed by atoms with Gasteiger partial charge >= 0.3 is 0 Å². The van der Waals surface area contributed by atoms with Crippen LogP contribution in [0.25, 0.3) is 10.6 Å². The maximum absolute atomic E-state index is 12.1. The van der Waals surface area contributed by atoms with Gasteiger partial charge in [-0.15, -0.1) is 11.3 Å². The number of non-ortho nitro benzene ring substituents is 1. The Morgan fingerprint density at radius 1 is 1.38 bits per heavy atom. The molecule has 0 aliphatic carbocycles. The largest absolute Gasteiger partial charge is 0.376 e. The number of hydrogen-bond donors (Lipinski definition) is 1. The standard InChI is InChI=1S/C15H15N3O5S/c19-14(16-7-12-8-22-5-6-23-12)13-9-24-15(17-13)10-1-3-11(4-2-10)18(20)21/h1-4,9,12H,5-8H2,(H,16,19)/t12-/m0/s1. The number of hydrogen-bond acceptors (Lipinski definition) is 7. The van der Waals surface area contributed by atoms with E-state index in [9.17, 15) is 14.9 Å². The lowest BCUT2D eigenvalue weighted by atomic mass is 10.2. The Balaban J connectivity index is 1.61. The van der Waals surface area contributed by atoms with Gasteiger partial charge in [0.15, 0.2) is 0 Å². The monoisotopic (exact) mass is 349 g/mol. The average Bonchev–Trinajstić information content (AvgIpc) is 3.11. The summed E-state index contributed by atoms with van der Waals surface area (Å²) < 4.78 is 10.7. The van der Waals surface area contributed by atoms with Crippen molar-refractivity contribution < 1.29 is 19.2 Å². The van der Waals surface area contributed by atoms with E-state index in [1.165, 1.54) is 23.5 Å². The fourth-order valence-corrected chi connectivity index (χ4v) is 2.99. The number of carbonyl (C=O) groups is 1. The zero-order valence-electron chi connectivity index (χ0n) is 12.6. The van der Waals surface area contributed by atoms with Crippen molar-refractivity contribution in [1.82, 2.24) is 10.3 Å². The van der Waals surface area contributed by atoms with Gasteiger partial charge in [0, 0.05) is 29.6 Å². The molecule has 1 aliphatic rings. The van der Waals surface area contributed by atoms with Crippen LogP contribution in [0.2, 0.25) is 0 Å². The molecule has 3 rings (SSSR count). The fourth-order valence-electron chi connectivity index (χ4n) is 2.19. The molecule has 1 fully saturated rings. The number of nitro benzene ring substituents is 1. The highest BCUT2D eigenvalue weighted by atomic mass is 32.1. The molecule has 0 saturated carbocycles. The Kier molecular flexibility index (Phi) is 5.14. The van der Waals surface area contributed by atoms with Crippen molar-refractivity contribution in [2.75, 3.05) is 26.4 Å². The Hall–Kier alpha value is -2.36. The van der Waals surface area contributed by atoms with Crippen molar-refractivity contribution >= 4 is 22.9 Å². The number of rotatable bonds is 5. The molecule has 1 saturated heterocycles. The molecule has 9 heteroatoms. The molecule has 24 heavy (non-hydrogen) atoms. The van der Waals surface area contributed by atoms with Crippen LogP contribution in [0.4, 0.5) is 5.69 Å². The molecular weight excluding hydrogens is 334 g/mol. The van der Waals surface area contributed by atoms with Crippen LogP contribution in [0.5, 0.6) is 0 Å². The third kappa shape index (κ3) is 3.94. The van der Waals surface area contributed by atoms with Crippen LogP contribution in [-0.4, -0.2) is 48.3 Å². The van der Waals surface area contributed by atoms with Gasteiger partial charge in [0.05, 0.1) is 30.8 Å². The smallest absolute Gasteiger partial charge is 0.270 e. The molecule has 1 aromatic carbocycles. The summed E-state index contributed by atoms with van der Waals surface area (Å²) in [5, 5.41) is 15.7. The van der Waals surface area contributed by atoms with Crippen LogP contribution in [0.15, 0.2) is 29.6 Å². The van der Waals surface area contributed by atoms with Gasteiger partial charge < -0.3 is 14.8 Å². The molecular formula is C15H15N3O5S. The minimum atomic E-state index is -0.457. The summed E-state index contributed by atoms with van der Waals surface area (Å²) in [4.78, 5) is 26.6. The highest BCUT2D eigenvalue weighted by Crippen LogP contribution is 2.25. The number of nitrogens with zero attached hydrogens (tertiary/aromatic N) is 2. The van der Waals surface area contributed by atoms with E-state index in [1.54, 1.807) is 17.5 Å². The lowest BCUT2D eigenvalue weighted by molar-refractivity contribution is -0.384. The zero-order chi connectivity index (χ0) is 16.9. The zero-order valence-corrected chi connectivity index (χ0v) is 13.5. The number of ether oxygens (including phenoxy) is 2. The van der Waals surface area contributed by atoms with Gasteiger partial charge in [-0.05, 0) is 12.1 Å². The summed E-state index contributed by atoms with van der Waals surface area (Å²) in [6.07, 6.45) is -0.143. The Labute approximate surface area is 141 Å². The third-order valence-corrected chi connectivity index (χ3v) is 4.33. The Morgan fingerprint density at radius 2 is 2.17 bits per heavy atom. The topological polar surface area (TPSA) is 104 Å². The molecule has 1 aliphatic heterocycles. The third-order valence-electron chi connectivity index (χ3n) is 3.44. The molecule has 0 bridgehead atoms. The van der Waals surface area contributed by atoms with Gasteiger partial charge in [-0.2, -0.15) is 0 Å². The summed E-state index contributed by atoms with van der Waals surface area (Å²) in [7, 11) is 0. The highest BCUT2D eigenvalue weighted by molar-refractivity contribution is 7.13. The Morgan fingerprint density at radius 3 is 2.83 bits per heavy atom. The molecule has 8 nitrogen and oxygen atoms in total. The van der Waals surface area contributed by atoms with E-state index in [4.69, 9.17) is 9.47 Å². The number of thiazole rings is 1. The molecule has 1 amide bonds. The van der Waals surface area contributed by atoms with E-state index in [0.717, 1.165) is 5.56 Å². The van der Waals surface area contributed by atoms with Gasteiger partial charge in [-0.25, -0.2) is 4.98 Å². The first kappa shape index (κ1) is 16.5. The minimum absolute atomic E-state index is 0.0166. The molecule has 0 spiro atoms. The van der Waals surface area contributed by atoms with E-state index in [1.807, 2.05) is 0 Å². The van der Waals surface area contributed by atoms with Crippen LogP contribution in [0.1, 0.15) is 10.5 Å². The SMILES string of the molecule is O=C(NC[C@H]1COCCO1)c1csc(-c2ccc([N+](=O)[O-])cc2)n1. The second-order valence-electron chi connectivity index (χ2n) is 5.12. The summed E-state index contributed by atoms with van der Waals surface area (Å²) >= 11 is 1.31. The van der Waals surface area contributed by atoms with Crippen molar-refractivity contribution in [3.8, 4) is 10.6 Å². The van der Waals surface area contributed by atoms with E-state index >= 15 is 0 Å². The second kappa shape index (κ2) is 7.47. The lowest BCUT2D eigenvalue weighted by Gasteiger charge is -2.22. The number of amides is 1. The van der Waals surface area contributed by atoms with Crippen molar-refractivity contribution in [1.29, 1.82) is 0 Å². The van der Waals surface area contributed by atoms with Crippen LogP contribution in [-0.2, 0) is 9.47 Å². The van der Waals surface area contributed by atoms with Crippen molar-refractivity contribution in [3.63, 3.8) is 0 Å². The van der Waals surface area contributed by atoms with Crippen molar-refractivity contribution in [3.05, 3.63) is 45.5 Å². The molecule has 1 aromatic heterocycles. The minimum Gasteiger partial charge on any atom is -0.376 e. The predicted molar refractivity (Wildman–Crippen MR) is 87.1 cm³/mol. The van der Waals surface area contributed by atoms with E-state index in [-0.39, 0.29) is 17.7 Å². The van der Waals surface area contributed by atoms with Gasteiger partial charge in [-0.1, -0.05) is 0 Å². The molecule has 126 valence electrons. The molecule has 1 atom stereocenters. The van der Waals surface area contributed by atoms with Gasteiger partial charge in [0.1, 0.15) is 10.7 Å². The van der Waals surface area contributed by atoms with Gasteiger partial charge in [0.25, 0.3) is 11.6 Å². The van der Waals surface area contributed by atoms with E-state index < -0.39 is 4.92 Å². The van der Waals surface area contributed by atoms with Crippen LogP contribution in [0.3, 0.4) is 0 Å². The predicted octanol–water partition coefficient (Wildman–Crippen LogP) is 1.86. The molecule has 1 N–H and O–H groups in total.